The minimum atomic E-state index is -4.67. The third-order valence-electron chi connectivity index (χ3n) is 8.22. The van der Waals surface area contributed by atoms with E-state index in [1.54, 1.807) is 42.2 Å². The molecule has 1 atom stereocenters. The fourth-order valence-corrected chi connectivity index (χ4v) is 5.69. The first-order valence-corrected chi connectivity index (χ1v) is 14.7. The quantitative estimate of drug-likeness (QED) is 0.256. The minimum Gasteiger partial charge on any atom is -0.340 e. The molecule has 1 aliphatic rings. The normalized spacial score (nSPS) is 15.6. The number of carbonyl (C=O) groups is 2. The molecule has 1 saturated heterocycles. The van der Waals surface area contributed by atoms with Crippen LogP contribution >= 0.6 is 0 Å². The highest BCUT2D eigenvalue weighted by Crippen LogP contribution is 2.31. The van der Waals surface area contributed by atoms with Gasteiger partial charge in [-0.15, -0.1) is 0 Å². The monoisotopic (exact) mass is 635 g/mol. The van der Waals surface area contributed by atoms with Gasteiger partial charge in [0.05, 0.1) is 69.1 Å². The lowest BCUT2D eigenvalue weighted by Crippen LogP contribution is -2.49. The maximum Gasteiger partial charge on any atom is 0.416 e. The summed E-state index contributed by atoms with van der Waals surface area (Å²) in [7, 11) is 5.64. The van der Waals surface area contributed by atoms with E-state index in [0.29, 0.717) is 24.5 Å². The van der Waals surface area contributed by atoms with Gasteiger partial charge in [0.25, 0.3) is 11.5 Å². The SMILES string of the molecule is [C-]#[N+]c1ccc(-n2nccc2-c2c(C(=O)N[C@@H](C)C(=O)N3CCC[N+](C)(C)CC3)c(=O)n(-c3cccc(C(F)(F)F)c3)n2C)cc1. The van der Waals surface area contributed by atoms with Gasteiger partial charge in [-0.25, -0.2) is 14.2 Å². The first kappa shape index (κ1) is 32.2. The van der Waals surface area contributed by atoms with Crippen LogP contribution in [0.1, 0.15) is 29.3 Å². The van der Waals surface area contributed by atoms with Crippen LogP contribution in [0.4, 0.5) is 18.9 Å². The number of benzene rings is 2. The molecule has 1 aliphatic heterocycles. The zero-order valence-corrected chi connectivity index (χ0v) is 25.9. The number of quaternary nitrogens is 1. The predicted octanol–water partition coefficient (Wildman–Crippen LogP) is 4.03. The standard InChI is InChI=1S/C32H33F3N8O3/c1-21(30(45)40-16-7-18-43(4,5)19-17-40)38-29(44)27-28(26-14-15-37-41(26)24-12-10-23(36-2)11-13-24)39(3)42(31(27)46)25-9-6-8-22(20-25)32(33,34)35/h6,8-15,20-21H,7,16-19H2,1,3-5H3/p+1/t21-/m0/s1. The van der Waals surface area contributed by atoms with E-state index in [0.717, 1.165) is 40.8 Å². The van der Waals surface area contributed by atoms with Crippen molar-refractivity contribution >= 4 is 17.5 Å². The zero-order chi connectivity index (χ0) is 33.4. The molecule has 0 aliphatic carbocycles. The van der Waals surface area contributed by atoms with Crippen LogP contribution in [0.5, 0.6) is 0 Å². The Morgan fingerprint density at radius 2 is 1.76 bits per heavy atom. The smallest absolute Gasteiger partial charge is 0.340 e. The molecule has 4 aromatic rings. The van der Waals surface area contributed by atoms with Crippen LogP contribution in [-0.4, -0.2) is 86.7 Å². The van der Waals surface area contributed by atoms with Gasteiger partial charge in [0.15, 0.2) is 5.69 Å². The van der Waals surface area contributed by atoms with Crippen LogP contribution < -0.4 is 10.9 Å². The van der Waals surface area contributed by atoms with Crippen molar-refractivity contribution in [2.75, 3.05) is 40.3 Å². The number of carbonyl (C=O) groups excluding carboxylic acids is 2. The number of halogens is 3. The highest BCUT2D eigenvalue weighted by atomic mass is 19.4. The average Bonchev–Trinajstić information content (AvgIpc) is 3.53. The average molecular weight is 636 g/mol. The Morgan fingerprint density at radius 1 is 1.04 bits per heavy atom. The van der Waals surface area contributed by atoms with E-state index in [2.05, 4.69) is 29.4 Å². The number of hydrogen-bond donors (Lipinski definition) is 1. The summed E-state index contributed by atoms with van der Waals surface area (Å²) in [5.74, 6) is -1.15. The molecule has 240 valence electrons. The largest absolute Gasteiger partial charge is 0.416 e. The summed E-state index contributed by atoms with van der Waals surface area (Å²) in [6.07, 6.45) is -2.41. The van der Waals surface area contributed by atoms with Crippen molar-refractivity contribution in [3.05, 3.63) is 93.7 Å². The van der Waals surface area contributed by atoms with E-state index >= 15 is 0 Å². The van der Waals surface area contributed by atoms with E-state index in [4.69, 9.17) is 6.57 Å². The van der Waals surface area contributed by atoms with Gasteiger partial charge in [-0.3, -0.25) is 19.1 Å². The Hall–Kier alpha value is -5.16. The Labute approximate surface area is 263 Å². The molecule has 1 N–H and O–H groups in total. The van der Waals surface area contributed by atoms with Crippen molar-refractivity contribution in [3.63, 3.8) is 0 Å². The van der Waals surface area contributed by atoms with Crippen molar-refractivity contribution in [2.45, 2.75) is 25.6 Å². The first-order valence-electron chi connectivity index (χ1n) is 14.7. The van der Waals surface area contributed by atoms with Crippen LogP contribution in [0.25, 0.3) is 27.6 Å². The number of hydrogen-bond acceptors (Lipinski definition) is 4. The molecule has 0 bridgehead atoms. The third kappa shape index (κ3) is 6.32. The first-order chi connectivity index (χ1) is 21.7. The zero-order valence-electron chi connectivity index (χ0n) is 25.9. The lowest BCUT2D eigenvalue weighted by molar-refractivity contribution is -0.888. The number of aromatic nitrogens is 4. The number of amides is 2. The molecule has 0 spiro atoms. The number of alkyl halides is 3. The van der Waals surface area contributed by atoms with Gasteiger partial charge >= 0.3 is 6.18 Å². The van der Waals surface area contributed by atoms with Crippen molar-refractivity contribution in [2.24, 2.45) is 7.05 Å². The fourth-order valence-electron chi connectivity index (χ4n) is 5.69. The molecule has 46 heavy (non-hydrogen) atoms. The Morgan fingerprint density at radius 3 is 2.43 bits per heavy atom. The highest BCUT2D eigenvalue weighted by molar-refractivity contribution is 6.02. The lowest BCUT2D eigenvalue weighted by atomic mass is 10.1. The summed E-state index contributed by atoms with van der Waals surface area (Å²) in [5.41, 5.74) is -1.04. The minimum absolute atomic E-state index is 0.0696. The second-order valence-electron chi connectivity index (χ2n) is 11.9. The van der Waals surface area contributed by atoms with Crippen molar-refractivity contribution in [1.82, 2.24) is 29.4 Å². The highest BCUT2D eigenvalue weighted by Gasteiger charge is 2.34. The van der Waals surface area contributed by atoms with Gasteiger partial charge < -0.3 is 14.7 Å². The van der Waals surface area contributed by atoms with Crippen molar-refractivity contribution < 1.29 is 27.2 Å². The Balaban J connectivity index is 1.60. The second-order valence-corrected chi connectivity index (χ2v) is 11.9. The fraction of sp³-hybridized carbons (Fsp3) is 0.344. The summed E-state index contributed by atoms with van der Waals surface area (Å²) in [6.45, 7) is 11.5. The van der Waals surface area contributed by atoms with Gasteiger partial charge in [-0.2, -0.15) is 18.3 Å². The van der Waals surface area contributed by atoms with Gasteiger partial charge in [-0.05, 0) is 43.3 Å². The van der Waals surface area contributed by atoms with Gasteiger partial charge in [-0.1, -0.05) is 18.2 Å². The van der Waals surface area contributed by atoms with Crippen LogP contribution in [0, 0.1) is 6.57 Å². The predicted molar refractivity (Wildman–Crippen MR) is 165 cm³/mol. The van der Waals surface area contributed by atoms with Crippen LogP contribution in [-0.2, 0) is 18.0 Å². The Kier molecular flexibility index (Phi) is 8.64. The third-order valence-corrected chi connectivity index (χ3v) is 8.22. The molecule has 0 saturated carbocycles. The van der Waals surface area contributed by atoms with Crippen molar-refractivity contribution in [3.8, 4) is 22.8 Å². The summed E-state index contributed by atoms with van der Waals surface area (Å²) in [6, 6.07) is 11.3. The molecular formula is C32H34F3N8O3+. The van der Waals surface area contributed by atoms with Crippen molar-refractivity contribution in [1.29, 1.82) is 0 Å². The van der Waals surface area contributed by atoms with Crippen LogP contribution in [0.15, 0.2) is 65.6 Å². The summed E-state index contributed by atoms with van der Waals surface area (Å²) in [5, 5.41) is 7.04. The summed E-state index contributed by atoms with van der Waals surface area (Å²) >= 11 is 0. The molecule has 14 heteroatoms. The number of nitrogens with one attached hydrogen (secondary N) is 1. The topological polar surface area (TPSA) is 98.5 Å². The molecule has 2 aromatic carbocycles. The second kappa shape index (κ2) is 12.3. The maximum atomic E-state index is 14.0. The van der Waals surface area contributed by atoms with Gasteiger partial charge in [0.2, 0.25) is 5.91 Å². The van der Waals surface area contributed by atoms with Crippen LogP contribution in [0.2, 0.25) is 0 Å². The molecule has 3 heterocycles. The Bertz CT molecular complexity index is 1880. The molecule has 2 aromatic heterocycles. The molecule has 0 radical (unpaired) electrons. The van der Waals surface area contributed by atoms with Crippen LogP contribution in [0.3, 0.4) is 0 Å². The number of likely N-dealkylation sites (N-methyl/N-ethyl adjacent to an activating group) is 1. The lowest BCUT2D eigenvalue weighted by Gasteiger charge is -2.28. The van der Waals surface area contributed by atoms with Gasteiger partial charge in [0.1, 0.15) is 17.3 Å². The molecule has 11 nitrogen and oxygen atoms in total. The van der Waals surface area contributed by atoms with E-state index in [9.17, 15) is 27.6 Å². The molecular weight excluding hydrogens is 601 g/mol. The molecule has 5 rings (SSSR count). The summed E-state index contributed by atoms with van der Waals surface area (Å²) < 4.78 is 45.4. The molecule has 2 amide bonds. The molecule has 0 unspecified atom stereocenters. The van der Waals surface area contributed by atoms with E-state index in [1.165, 1.54) is 34.7 Å². The van der Waals surface area contributed by atoms with E-state index < -0.39 is 29.2 Å². The summed E-state index contributed by atoms with van der Waals surface area (Å²) in [4.78, 5) is 46.5. The number of rotatable bonds is 6. The van der Waals surface area contributed by atoms with E-state index in [-0.39, 0.29) is 28.5 Å². The molecule has 1 fully saturated rings. The van der Waals surface area contributed by atoms with Gasteiger partial charge in [0, 0.05) is 20.0 Å². The number of nitrogens with zero attached hydrogens (tertiary/aromatic N) is 7. The van der Waals surface area contributed by atoms with E-state index in [1.807, 2.05) is 0 Å². The maximum absolute atomic E-state index is 14.0.